The zero-order valence-corrected chi connectivity index (χ0v) is 15.0. The highest BCUT2D eigenvalue weighted by atomic mass is 35.5. The summed E-state index contributed by atoms with van der Waals surface area (Å²) in [6, 6.07) is 9.03. The van der Waals surface area contributed by atoms with Crippen molar-refractivity contribution in [3.05, 3.63) is 63.4 Å². The zero-order valence-electron chi connectivity index (χ0n) is 14.2. The fraction of sp³-hybridized carbons (Fsp3) is 0.316. The van der Waals surface area contributed by atoms with Gasteiger partial charge in [0.1, 0.15) is 5.15 Å². The van der Waals surface area contributed by atoms with Gasteiger partial charge in [0.15, 0.2) is 6.10 Å². The van der Waals surface area contributed by atoms with Gasteiger partial charge in [-0.1, -0.05) is 42.8 Å². The number of halogens is 1. The number of nitrogens with zero attached hydrogens (tertiary/aromatic N) is 1. The SMILES string of the molecule is CCc1ccc(C(=O)[C@@H](C)OC(=O)c2c(C)cc(C)nc2Cl)cc1. The fourth-order valence-electron chi connectivity index (χ4n) is 2.45. The number of benzene rings is 1. The van der Waals surface area contributed by atoms with E-state index in [-0.39, 0.29) is 16.5 Å². The third-order valence-electron chi connectivity index (χ3n) is 3.80. The molecule has 0 bridgehead atoms. The lowest BCUT2D eigenvalue weighted by molar-refractivity contribution is 0.0318. The molecule has 0 aliphatic heterocycles. The second-order valence-corrected chi connectivity index (χ2v) is 6.07. The van der Waals surface area contributed by atoms with Gasteiger partial charge in [-0.2, -0.15) is 0 Å². The van der Waals surface area contributed by atoms with E-state index in [1.54, 1.807) is 39.0 Å². The normalized spacial score (nSPS) is 11.9. The van der Waals surface area contributed by atoms with Crippen molar-refractivity contribution >= 4 is 23.4 Å². The number of hydrogen-bond donors (Lipinski definition) is 0. The Morgan fingerprint density at radius 1 is 1.21 bits per heavy atom. The van der Waals surface area contributed by atoms with E-state index in [4.69, 9.17) is 16.3 Å². The Labute approximate surface area is 146 Å². The molecule has 2 rings (SSSR count). The van der Waals surface area contributed by atoms with E-state index in [0.29, 0.717) is 16.8 Å². The molecule has 1 aromatic heterocycles. The van der Waals surface area contributed by atoms with Crippen LogP contribution in [0.15, 0.2) is 30.3 Å². The van der Waals surface area contributed by atoms with Gasteiger partial charge in [-0.05, 0) is 44.4 Å². The van der Waals surface area contributed by atoms with Crippen LogP contribution in [0.25, 0.3) is 0 Å². The maximum Gasteiger partial charge on any atom is 0.342 e. The average Bonchev–Trinajstić information content (AvgIpc) is 2.53. The molecule has 0 radical (unpaired) electrons. The minimum Gasteiger partial charge on any atom is -0.451 e. The first-order valence-corrected chi connectivity index (χ1v) is 8.19. The highest BCUT2D eigenvalue weighted by Crippen LogP contribution is 2.21. The molecule has 1 heterocycles. The Morgan fingerprint density at radius 2 is 1.83 bits per heavy atom. The van der Waals surface area contributed by atoms with Crippen LogP contribution in [0.2, 0.25) is 5.15 Å². The molecule has 0 aliphatic carbocycles. The van der Waals surface area contributed by atoms with E-state index in [1.807, 2.05) is 19.1 Å². The van der Waals surface area contributed by atoms with Crippen LogP contribution in [0.5, 0.6) is 0 Å². The summed E-state index contributed by atoms with van der Waals surface area (Å²) >= 11 is 6.05. The third-order valence-corrected chi connectivity index (χ3v) is 4.08. The van der Waals surface area contributed by atoms with Crippen LogP contribution >= 0.6 is 11.6 Å². The van der Waals surface area contributed by atoms with Crippen LogP contribution in [0.3, 0.4) is 0 Å². The van der Waals surface area contributed by atoms with Crippen molar-refractivity contribution in [1.29, 1.82) is 0 Å². The van der Waals surface area contributed by atoms with Gasteiger partial charge in [-0.25, -0.2) is 9.78 Å². The highest BCUT2D eigenvalue weighted by Gasteiger charge is 2.23. The Kier molecular flexibility index (Phi) is 5.73. The first-order chi connectivity index (χ1) is 11.3. The summed E-state index contributed by atoms with van der Waals surface area (Å²) in [5.74, 6) is -0.893. The van der Waals surface area contributed by atoms with Gasteiger partial charge in [0.25, 0.3) is 0 Å². The minimum atomic E-state index is -0.901. The molecule has 4 nitrogen and oxygen atoms in total. The monoisotopic (exact) mass is 345 g/mol. The van der Waals surface area contributed by atoms with Crippen LogP contribution in [0, 0.1) is 13.8 Å². The number of ether oxygens (including phenoxy) is 1. The molecule has 0 amide bonds. The zero-order chi connectivity index (χ0) is 17.9. The molecule has 126 valence electrons. The summed E-state index contributed by atoms with van der Waals surface area (Å²) in [5.41, 5.74) is 3.24. The number of carbonyl (C=O) groups is 2. The molecule has 0 saturated carbocycles. The van der Waals surface area contributed by atoms with Crippen molar-refractivity contribution < 1.29 is 14.3 Å². The van der Waals surface area contributed by atoms with Crippen molar-refractivity contribution in [2.75, 3.05) is 0 Å². The number of Topliss-reactive ketones (excluding diaryl/α,β-unsaturated/α-hetero) is 1. The van der Waals surface area contributed by atoms with Gasteiger partial charge in [0.05, 0.1) is 5.56 Å². The van der Waals surface area contributed by atoms with Crippen molar-refractivity contribution in [2.45, 2.75) is 40.2 Å². The molecule has 0 N–H and O–H groups in total. The predicted molar refractivity (Wildman–Crippen MR) is 93.7 cm³/mol. The quantitative estimate of drug-likeness (QED) is 0.459. The number of aryl methyl sites for hydroxylation is 3. The molecular formula is C19H20ClNO3. The van der Waals surface area contributed by atoms with E-state index in [0.717, 1.165) is 12.0 Å². The summed E-state index contributed by atoms with van der Waals surface area (Å²) in [6.07, 6.45) is -0.00115. The highest BCUT2D eigenvalue weighted by molar-refractivity contribution is 6.32. The maximum atomic E-state index is 12.4. The van der Waals surface area contributed by atoms with Gasteiger partial charge < -0.3 is 4.74 Å². The third kappa shape index (κ3) is 4.01. The van der Waals surface area contributed by atoms with Crippen molar-refractivity contribution in [1.82, 2.24) is 4.98 Å². The number of pyridine rings is 1. The van der Waals surface area contributed by atoms with E-state index in [2.05, 4.69) is 4.98 Å². The second-order valence-electron chi connectivity index (χ2n) is 5.71. The topological polar surface area (TPSA) is 56.3 Å². The predicted octanol–water partition coefficient (Wildman–Crippen LogP) is 4.34. The van der Waals surface area contributed by atoms with Crippen LogP contribution < -0.4 is 0 Å². The molecule has 5 heteroatoms. The van der Waals surface area contributed by atoms with E-state index in [9.17, 15) is 9.59 Å². The Bertz CT molecular complexity index is 746. The van der Waals surface area contributed by atoms with E-state index >= 15 is 0 Å². The number of ketones is 1. The standard InChI is InChI=1S/C19H20ClNO3/c1-5-14-6-8-15(9-7-14)17(22)13(4)24-19(23)16-11(2)10-12(3)21-18(16)20/h6-10,13H,5H2,1-4H3/t13-/m1/s1. The van der Waals surface area contributed by atoms with Crippen LogP contribution in [0.1, 0.15) is 51.4 Å². The first-order valence-electron chi connectivity index (χ1n) is 7.81. The Morgan fingerprint density at radius 3 is 2.38 bits per heavy atom. The first kappa shape index (κ1) is 18.1. The fourth-order valence-corrected chi connectivity index (χ4v) is 2.81. The molecule has 1 atom stereocenters. The summed E-state index contributed by atoms with van der Waals surface area (Å²) < 4.78 is 5.30. The smallest absolute Gasteiger partial charge is 0.342 e. The van der Waals surface area contributed by atoms with Gasteiger partial charge >= 0.3 is 5.97 Å². The molecule has 2 aromatic rings. The van der Waals surface area contributed by atoms with Gasteiger partial charge in [0.2, 0.25) is 5.78 Å². The van der Waals surface area contributed by atoms with Gasteiger partial charge in [0, 0.05) is 11.3 Å². The molecule has 0 unspecified atom stereocenters. The number of rotatable bonds is 5. The van der Waals surface area contributed by atoms with Crippen molar-refractivity contribution in [2.24, 2.45) is 0 Å². The Hall–Kier alpha value is -2.20. The summed E-state index contributed by atoms with van der Waals surface area (Å²) in [6.45, 7) is 7.15. The number of aromatic nitrogens is 1. The summed E-state index contributed by atoms with van der Waals surface area (Å²) in [4.78, 5) is 28.8. The Balaban J connectivity index is 2.15. The molecule has 24 heavy (non-hydrogen) atoms. The van der Waals surface area contributed by atoms with Crippen LogP contribution in [-0.4, -0.2) is 22.8 Å². The number of hydrogen-bond acceptors (Lipinski definition) is 4. The molecule has 0 aliphatic rings. The van der Waals surface area contributed by atoms with Gasteiger partial charge in [-0.3, -0.25) is 4.79 Å². The van der Waals surface area contributed by atoms with E-state index < -0.39 is 12.1 Å². The second kappa shape index (κ2) is 7.58. The largest absolute Gasteiger partial charge is 0.451 e. The van der Waals surface area contributed by atoms with E-state index in [1.165, 1.54) is 0 Å². The van der Waals surface area contributed by atoms with Crippen LogP contribution in [-0.2, 0) is 11.2 Å². The lowest BCUT2D eigenvalue weighted by Gasteiger charge is -2.14. The number of carbonyl (C=O) groups excluding carboxylic acids is 2. The van der Waals surface area contributed by atoms with Crippen LogP contribution in [0.4, 0.5) is 0 Å². The molecule has 1 aromatic carbocycles. The molecule has 0 fully saturated rings. The number of esters is 1. The maximum absolute atomic E-state index is 12.4. The minimum absolute atomic E-state index is 0.0875. The van der Waals surface area contributed by atoms with Crippen molar-refractivity contribution in [3.63, 3.8) is 0 Å². The van der Waals surface area contributed by atoms with Gasteiger partial charge in [-0.15, -0.1) is 0 Å². The molecule has 0 spiro atoms. The lowest BCUT2D eigenvalue weighted by atomic mass is 10.0. The lowest BCUT2D eigenvalue weighted by Crippen LogP contribution is -2.25. The summed E-state index contributed by atoms with van der Waals surface area (Å²) in [7, 11) is 0. The molecule has 0 saturated heterocycles. The average molecular weight is 346 g/mol. The molecular weight excluding hydrogens is 326 g/mol. The summed E-state index contributed by atoms with van der Waals surface area (Å²) in [5, 5.41) is 0.0875. The van der Waals surface area contributed by atoms with Crippen molar-refractivity contribution in [3.8, 4) is 0 Å².